The van der Waals surface area contributed by atoms with Crippen LogP contribution in [0.1, 0.15) is 51.5 Å². The Morgan fingerprint density at radius 1 is 1.17 bits per heavy atom. The summed E-state index contributed by atoms with van der Waals surface area (Å²) in [6.45, 7) is 5.81. The maximum absolute atomic E-state index is 11.9. The fourth-order valence-electron chi connectivity index (χ4n) is 1.88. The number of hydrazone groups is 1. The summed E-state index contributed by atoms with van der Waals surface area (Å²) < 4.78 is 0. The van der Waals surface area contributed by atoms with Crippen LogP contribution in [0.5, 0.6) is 0 Å². The molecule has 0 aliphatic carbocycles. The molecule has 0 unspecified atom stereocenters. The Hall–Kier alpha value is -1.88. The molecule has 0 aromatic heterocycles. The fraction of sp³-hybridized carbons (Fsp3) is 0.471. The van der Waals surface area contributed by atoms with E-state index in [0.717, 1.165) is 30.5 Å². The van der Waals surface area contributed by atoms with Gasteiger partial charge in [0.05, 0.1) is 0 Å². The lowest BCUT2D eigenvalue weighted by atomic mass is 10.2. The second-order valence-corrected chi connectivity index (χ2v) is 5.85. The highest BCUT2D eigenvalue weighted by Crippen LogP contribution is 2.23. The van der Waals surface area contributed by atoms with Crippen molar-refractivity contribution in [1.29, 1.82) is 0 Å². The van der Waals surface area contributed by atoms with Crippen molar-refractivity contribution in [3.05, 3.63) is 28.8 Å². The first-order chi connectivity index (χ1) is 10.9. The molecule has 23 heavy (non-hydrogen) atoms. The molecule has 126 valence electrons. The topological polar surface area (TPSA) is 70.6 Å². The number of benzene rings is 1. The van der Waals surface area contributed by atoms with E-state index < -0.39 is 0 Å². The normalized spacial score (nSPS) is 11.2. The number of hydrogen-bond acceptors (Lipinski definition) is 3. The molecule has 0 aliphatic heterocycles. The number of anilines is 1. The summed E-state index contributed by atoms with van der Waals surface area (Å²) in [6, 6.07) is 5.31. The molecule has 2 N–H and O–H groups in total. The number of hydrogen-bond donors (Lipinski definition) is 2. The maximum atomic E-state index is 11.9. The quantitative estimate of drug-likeness (QED) is 0.555. The molecule has 0 atom stereocenters. The molecule has 0 saturated heterocycles. The Kier molecular flexibility index (Phi) is 8.33. The van der Waals surface area contributed by atoms with Crippen LogP contribution in [-0.2, 0) is 9.59 Å². The maximum Gasteiger partial charge on any atom is 0.240 e. The van der Waals surface area contributed by atoms with Gasteiger partial charge in [0.25, 0.3) is 0 Å². The Bertz CT molecular complexity index is 585. The van der Waals surface area contributed by atoms with Gasteiger partial charge in [-0.25, -0.2) is 5.43 Å². The van der Waals surface area contributed by atoms with Crippen molar-refractivity contribution < 1.29 is 9.59 Å². The molecule has 0 heterocycles. The highest BCUT2D eigenvalue weighted by atomic mass is 35.5. The van der Waals surface area contributed by atoms with E-state index in [0.29, 0.717) is 10.7 Å². The summed E-state index contributed by atoms with van der Waals surface area (Å²) in [6.07, 6.45) is 3.19. The van der Waals surface area contributed by atoms with Gasteiger partial charge in [0.2, 0.25) is 11.8 Å². The van der Waals surface area contributed by atoms with Crippen LogP contribution >= 0.6 is 11.6 Å². The molecule has 0 radical (unpaired) electrons. The summed E-state index contributed by atoms with van der Waals surface area (Å²) >= 11 is 6.00. The highest BCUT2D eigenvalue weighted by Gasteiger charge is 2.09. The monoisotopic (exact) mass is 337 g/mol. The zero-order valence-electron chi connectivity index (χ0n) is 13.9. The smallest absolute Gasteiger partial charge is 0.240 e. The van der Waals surface area contributed by atoms with Crippen LogP contribution in [0.2, 0.25) is 5.02 Å². The summed E-state index contributed by atoms with van der Waals surface area (Å²) in [5.41, 5.74) is 4.84. The first-order valence-electron chi connectivity index (χ1n) is 7.81. The van der Waals surface area contributed by atoms with E-state index in [9.17, 15) is 9.59 Å². The Morgan fingerprint density at radius 2 is 1.87 bits per heavy atom. The van der Waals surface area contributed by atoms with Gasteiger partial charge < -0.3 is 5.32 Å². The van der Waals surface area contributed by atoms with Crippen LogP contribution in [0.15, 0.2) is 23.3 Å². The van der Waals surface area contributed by atoms with Gasteiger partial charge in [-0.3, -0.25) is 9.59 Å². The third kappa shape index (κ3) is 7.28. The summed E-state index contributed by atoms with van der Waals surface area (Å²) in [4.78, 5) is 23.6. The molecule has 1 aromatic carbocycles. The van der Waals surface area contributed by atoms with E-state index in [4.69, 9.17) is 11.6 Å². The minimum atomic E-state index is -0.265. The van der Waals surface area contributed by atoms with Gasteiger partial charge >= 0.3 is 0 Å². The highest BCUT2D eigenvalue weighted by molar-refractivity contribution is 6.31. The number of nitrogens with zero attached hydrogens (tertiary/aromatic N) is 1. The Morgan fingerprint density at radius 3 is 2.57 bits per heavy atom. The van der Waals surface area contributed by atoms with Gasteiger partial charge in [-0.15, -0.1) is 0 Å². The first-order valence-corrected chi connectivity index (χ1v) is 8.18. The van der Waals surface area contributed by atoms with Gasteiger partial charge in [-0.2, -0.15) is 5.10 Å². The minimum absolute atomic E-state index is 0.0933. The van der Waals surface area contributed by atoms with Crippen molar-refractivity contribution in [3.8, 4) is 0 Å². The Balaban J connectivity index is 2.38. The van der Waals surface area contributed by atoms with Gasteiger partial charge in [-0.05, 0) is 44.4 Å². The van der Waals surface area contributed by atoms with Crippen molar-refractivity contribution in [2.45, 2.75) is 52.9 Å². The average Bonchev–Trinajstić information content (AvgIpc) is 2.53. The number of amides is 2. The Labute approximate surface area is 142 Å². The number of carbonyl (C=O) groups excluding carboxylic acids is 2. The van der Waals surface area contributed by atoms with Crippen molar-refractivity contribution >= 4 is 34.8 Å². The average molecular weight is 338 g/mol. The lowest BCUT2D eigenvalue weighted by Gasteiger charge is -2.09. The zero-order valence-corrected chi connectivity index (χ0v) is 14.7. The lowest BCUT2D eigenvalue weighted by Crippen LogP contribution is -2.21. The van der Waals surface area contributed by atoms with Gasteiger partial charge in [0.1, 0.15) is 0 Å². The third-order valence-corrected chi connectivity index (χ3v) is 3.79. The van der Waals surface area contributed by atoms with Crippen molar-refractivity contribution in [2.75, 3.05) is 5.32 Å². The third-order valence-electron chi connectivity index (χ3n) is 3.38. The van der Waals surface area contributed by atoms with E-state index in [1.165, 1.54) is 0 Å². The van der Waals surface area contributed by atoms with E-state index in [2.05, 4.69) is 22.8 Å². The number of unbranched alkanes of at least 4 members (excludes halogenated alkanes) is 1. The van der Waals surface area contributed by atoms with Crippen LogP contribution < -0.4 is 10.7 Å². The lowest BCUT2D eigenvalue weighted by molar-refractivity contribution is -0.124. The molecule has 1 aromatic rings. The van der Waals surface area contributed by atoms with Crippen LogP contribution in [0, 0.1) is 6.92 Å². The summed E-state index contributed by atoms with van der Waals surface area (Å²) in [5, 5.41) is 7.37. The molecular weight excluding hydrogens is 314 g/mol. The minimum Gasteiger partial charge on any atom is -0.326 e. The second-order valence-electron chi connectivity index (χ2n) is 5.45. The number of halogens is 1. The molecule has 0 aliphatic rings. The molecule has 2 amide bonds. The molecule has 0 bridgehead atoms. The molecule has 1 rings (SSSR count). The zero-order chi connectivity index (χ0) is 17.2. The SMILES string of the molecule is CCCCC(C)=NNC(=O)CCC(=O)Nc1cccc(Cl)c1C. The van der Waals surface area contributed by atoms with Crippen molar-refractivity contribution in [3.63, 3.8) is 0 Å². The van der Waals surface area contributed by atoms with E-state index in [1.54, 1.807) is 18.2 Å². The summed E-state index contributed by atoms with van der Waals surface area (Å²) in [7, 11) is 0. The van der Waals surface area contributed by atoms with E-state index >= 15 is 0 Å². The van der Waals surface area contributed by atoms with Gasteiger partial charge in [0, 0.05) is 29.3 Å². The van der Waals surface area contributed by atoms with Gasteiger partial charge in [0.15, 0.2) is 0 Å². The number of nitrogens with one attached hydrogen (secondary N) is 2. The predicted octanol–water partition coefficient (Wildman–Crippen LogP) is 4.05. The van der Waals surface area contributed by atoms with Crippen LogP contribution in [-0.4, -0.2) is 17.5 Å². The molecular formula is C17H24ClN3O2. The van der Waals surface area contributed by atoms with Crippen molar-refractivity contribution in [1.82, 2.24) is 5.43 Å². The number of rotatable bonds is 8. The largest absolute Gasteiger partial charge is 0.326 e. The fourth-order valence-corrected chi connectivity index (χ4v) is 2.06. The molecule has 0 spiro atoms. The van der Waals surface area contributed by atoms with E-state index in [1.807, 2.05) is 13.8 Å². The molecule has 6 heteroatoms. The molecule has 0 fully saturated rings. The number of carbonyl (C=O) groups is 2. The molecule has 5 nitrogen and oxygen atoms in total. The van der Waals surface area contributed by atoms with Gasteiger partial charge in [-0.1, -0.05) is 31.0 Å². The first kappa shape index (κ1) is 19.2. The second kappa shape index (κ2) is 10.0. The summed E-state index contributed by atoms with van der Waals surface area (Å²) in [5.74, 6) is -0.490. The molecule has 0 saturated carbocycles. The van der Waals surface area contributed by atoms with Crippen LogP contribution in [0.3, 0.4) is 0 Å². The van der Waals surface area contributed by atoms with Crippen LogP contribution in [0.4, 0.5) is 5.69 Å². The van der Waals surface area contributed by atoms with Crippen LogP contribution in [0.25, 0.3) is 0 Å². The van der Waals surface area contributed by atoms with E-state index in [-0.39, 0.29) is 24.7 Å². The van der Waals surface area contributed by atoms with Crippen molar-refractivity contribution in [2.24, 2.45) is 5.10 Å². The standard InChI is InChI=1S/C17H24ClN3O2/c1-4-5-7-12(2)20-21-17(23)11-10-16(22)19-15-9-6-8-14(18)13(15)3/h6,8-9H,4-5,7,10-11H2,1-3H3,(H,19,22)(H,21,23). The predicted molar refractivity (Wildman–Crippen MR) is 94.8 cm³/mol.